The fourth-order valence-corrected chi connectivity index (χ4v) is 3.41. The second-order valence-electron chi connectivity index (χ2n) is 7.02. The average Bonchev–Trinajstić information content (AvgIpc) is 3.11. The molecular formula is C22H23N3O3. The molecule has 144 valence electrons. The number of likely N-dealkylation sites (tertiary alicyclic amines) is 1. The number of rotatable bonds is 6. The molecule has 0 radical (unpaired) electrons. The van der Waals surface area contributed by atoms with Crippen LogP contribution in [0.15, 0.2) is 66.9 Å². The summed E-state index contributed by atoms with van der Waals surface area (Å²) < 4.78 is 7.31. The Balaban J connectivity index is 1.17. The van der Waals surface area contributed by atoms with Gasteiger partial charge < -0.3 is 19.5 Å². The summed E-state index contributed by atoms with van der Waals surface area (Å²) in [5.41, 5.74) is 2.08. The number of aryl methyl sites for hydroxylation is 1. The van der Waals surface area contributed by atoms with Crippen LogP contribution in [0.25, 0.3) is 10.9 Å². The molecule has 1 fully saturated rings. The number of aromatic nitrogens is 1. The van der Waals surface area contributed by atoms with Crippen LogP contribution in [0.5, 0.6) is 0 Å². The molecule has 1 aromatic heterocycles. The number of amides is 2. The summed E-state index contributed by atoms with van der Waals surface area (Å²) in [7, 11) is 0. The number of carbonyl (C=O) groups excluding carboxylic acids is 2. The first-order valence-corrected chi connectivity index (χ1v) is 9.48. The van der Waals surface area contributed by atoms with Gasteiger partial charge in [-0.15, -0.1) is 0 Å². The van der Waals surface area contributed by atoms with Gasteiger partial charge in [0.05, 0.1) is 6.04 Å². The smallest absolute Gasteiger partial charge is 0.407 e. The molecule has 1 aliphatic rings. The van der Waals surface area contributed by atoms with Crippen LogP contribution in [0.4, 0.5) is 4.79 Å². The topological polar surface area (TPSA) is 63.6 Å². The highest BCUT2D eigenvalue weighted by Crippen LogP contribution is 2.16. The lowest BCUT2D eigenvalue weighted by Gasteiger charge is -2.39. The first-order valence-electron chi connectivity index (χ1n) is 9.48. The maximum absolute atomic E-state index is 12.4. The highest BCUT2D eigenvalue weighted by molar-refractivity contribution is 5.81. The minimum absolute atomic E-state index is 0.0420. The zero-order valence-electron chi connectivity index (χ0n) is 15.6. The summed E-state index contributed by atoms with van der Waals surface area (Å²) >= 11 is 0. The van der Waals surface area contributed by atoms with Crippen LogP contribution in [0.3, 0.4) is 0 Å². The number of ether oxygens (including phenoxy) is 1. The molecule has 4 rings (SSSR count). The third-order valence-electron chi connectivity index (χ3n) is 5.02. The molecule has 28 heavy (non-hydrogen) atoms. The molecular weight excluding hydrogens is 354 g/mol. The van der Waals surface area contributed by atoms with E-state index in [-0.39, 0.29) is 18.6 Å². The van der Waals surface area contributed by atoms with Gasteiger partial charge in [-0.1, -0.05) is 48.5 Å². The molecule has 6 nitrogen and oxygen atoms in total. The normalized spacial score (nSPS) is 13.9. The lowest BCUT2D eigenvalue weighted by molar-refractivity contribution is -0.136. The number of fused-ring (bicyclic) bond motifs is 1. The monoisotopic (exact) mass is 377 g/mol. The van der Waals surface area contributed by atoms with Crippen molar-refractivity contribution in [1.82, 2.24) is 14.8 Å². The molecule has 0 unspecified atom stereocenters. The van der Waals surface area contributed by atoms with Gasteiger partial charge in [-0.3, -0.25) is 4.79 Å². The Hall–Kier alpha value is -3.28. The fraction of sp³-hybridized carbons (Fsp3) is 0.273. The van der Waals surface area contributed by atoms with Crippen LogP contribution in [0, 0.1) is 0 Å². The van der Waals surface area contributed by atoms with Gasteiger partial charge in [0.25, 0.3) is 0 Å². The van der Waals surface area contributed by atoms with Crippen molar-refractivity contribution in [1.29, 1.82) is 0 Å². The van der Waals surface area contributed by atoms with E-state index in [2.05, 4.69) is 28.1 Å². The van der Waals surface area contributed by atoms with E-state index in [1.807, 2.05) is 48.7 Å². The number of hydrogen-bond donors (Lipinski definition) is 1. The summed E-state index contributed by atoms with van der Waals surface area (Å²) in [5.74, 6) is 0.105. The summed E-state index contributed by atoms with van der Waals surface area (Å²) in [6, 6.07) is 19.7. The summed E-state index contributed by atoms with van der Waals surface area (Å²) in [5, 5.41) is 3.98. The van der Waals surface area contributed by atoms with E-state index >= 15 is 0 Å². The average molecular weight is 377 g/mol. The summed E-state index contributed by atoms with van der Waals surface area (Å²) in [6.45, 7) is 1.96. The van der Waals surface area contributed by atoms with E-state index < -0.39 is 6.09 Å². The van der Waals surface area contributed by atoms with Crippen molar-refractivity contribution in [2.45, 2.75) is 25.6 Å². The van der Waals surface area contributed by atoms with Crippen molar-refractivity contribution in [2.75, 3.05) is 13.1 Å². The predicted molar refractivity (Wildman–Crippen MR) is 107 cm³/mol. The lowest BCUT2D eigenvalue weighted by atomic mass is 10.1. The van der Waals surface area contributed by atoms with Gasteiger partial charge in [0.2, 0.25) is 5.91 Å². The van der Waals surface area contributed by atoms with Gasteiger partial charge in [-0.05, 0) is 23.1 Å². The summed E-state index contributed by atoms with van der Waals surface area (Å²) in [4.78, 5) is 26.0. The molecule has 0 aliphatic carbocycles. The Bertz CT molecular complexity index is 961. The number of alkyl carbamates (subject to hydrolysis) is 1. The van der Waals surface area contributed by atoms with Crippen molar-refractivity contribution < 1.29 is 14.3 Å². The van der Waals surface area contributed by atoms with Gasteiger partial charge in [-0.25, -0.2) is 4.79 Å². The molecule has 0 atom stereocenters. The van der Waals surface area contributed by atoms with Gasteiger partial charge >= 0.3 is 6.09 Å². The molecule has 0 bridgehead atoms. The van der Waals surface area contributed by atoms with E-state index in [9.17, 15) is 9.59 Å². The summed E-state index contributed by atoms with van der Waals surface area (Å²) in [6.07, 6.45) is 2.02. The predicted octanol–water partition coefficient (Wildman–Crippen LogP) is 3.17. The Morgan fingerprint density at radius 2 is 1.75 bits per heavy atom. The second-order valence-corrected chi connectivity index (χ2v) is 7.02. The van der Waals surface area contributed by atoms with Crippen LogP contribution < -0.4 is 5.32 Å². The molecule has 2 aromatic carbocycles. The number of hydrogen-bond acceptors (Lipinski definition) is 3. The Kier molecular flexibility index (Phi) is 5.28. The highest BCUT2D eigenvalue weighted by atomic mass is 16.5. The minimum atomic E-state index is -0.445. The Labute approximate surface area is 163 Å². The van der Waals surface area contributed by atoms with Crippen LogP contribution >= 0.6 is 0 Å². The van der Waals surface area contributed by atoms with Crippen LogP contribution in [0.1, 0.15) is 12.0 Å². The second kappa shape index (κ2) is 8.17. The molecule has 0 saturated carbocycles. The van der Waals surface area contributed by atoms with E-state index in [1.165, 1.54) is 5.39 Å². The Morgan fingerprint density at radius 3 is 2.57 bits per heavy atom. The van der Waals surface area contributed by atoms with Crippen molar-refractivity contribution in [2.24, 2.45) is 0 Å². The number of benzene rings is 2. The molecule has 0 spiro atoms. The maximum Gasteiger partial charge on any atom is 0.407 e. The van der Waals surface area contributed by atoms with Gasteiger partial charge in [0, 0.05) is 37.8 Å². The van der Waals surface area contributed by atoms with Crippen molar-refractivity contribution in [3.8, 4) is 0 Å². The first-order chi connectivity index (χ1) is 13.7. The van der Waals surface area contributed by atoms with Crippen LogP contribution in [-0.4, -0.2) is 40.6 Å². The maximum atomic E-state index is 12.4. The molecule has 3 aromatic rings. The van der Waals surface area contributed by atoms with Crippen molar-refractivity contribution in [3.05, 3.63) is 72.4 Å². The van der Waals surface area contributed by atoms with Gasteiger partial charge in [-0.2, -0.15) is 0 Å². The highest BCUT2D eigenvalue weighted by Gasteiger charge is 2.31. The largest absolute Gasteiger partial charge is 0.445 e. The zero-order chi connectivity index (χ0) is 19.3. The molecule has 1 aliphatic heterocycles. The third kappa shape index (κ3) is 4.17. The molecule has 1 saturated heterocycles. The minimum Gasteiger partial charge on any atom is -0.445 e. The van der Waals surface area contributed by atoms with Crippen molar-refractivity contribution >= 4 is 22.9 Å². The van der Waals surface area contributed by atoms with Crippen LogP contribution in [0.2, 0.25) is 0 Å². The molecule has 1 N–H and O–H groups in total. The Morgan fingerprint density at radius 1 is 1.00 bits per heavy atom. The van der Waals surface area contributed by atoms with Gasteiger partial charge in [0.1, 0.15) is 6.61 Å². The standard InChI is InChI=1S/C22H23N3O3/c26-21(11-13-24-12-10-18-8-4-5-9-20(18)24)25-14-19(15-25)23-22(27)28-16-17-6-2-1-3-7-17/h1-10,12,19H,11,13-16H2,(H,23,27). The lowest BCUT2D eigenvalue weighted by Crippen LogP contribution is -2.61. The van der Waals surface area contributed by atoms with E-state index in [0.717, 1.165) is 11.1 Å². The number of nitrogens with zero attached hydrogens (tertiary/aromatic N) is 2. The fourth-order valence-electron chi connectivity index (χ4n) is 3.41. The number of carbonyl (C=O) groups is 2. The van der Waals surface area contributed by atoms with E-state index in [4.69, 9.17) is 4.74 Å². The van der Waals surface area contributed by atoms with Crippen molar-refractivity contribution in [3.63, 3.8) is 0 Å². The molecule has 6 heteroatoms. The van der Waals surface area contributed by atoms with Crippen LogP contribution in [-0.2, 0) is 22.7 Å². The molecule has 2 amide bonds. The molecule has 2 heterocycles. The SMILES string of the molecule is O=C(NC1CN(C(=O)CCn2ccc3ccccc32)C1)OCc1ccccc1. The number of nitrogens with one attached hydrogen (secondary N) is 1. The number of para-hydroxylation sites is 1. The quantitative estimate of drug-likeness (QED) is 0.718. The van der Waals surface area contributed by atoms with Gasteiger partial charge in [0.15, 0.2) is 0 Å². The zero-order valence-corrected chi connectivity index (χ0v) is 15.6. The van der Waals surface area contributed by atoms with E-state index in [1.54, 1.807) is 4.90 Å². The third-order valence-corrected chi connectivity index (χ3v) is 5.02. The first kappa shape index (κ1) is 18.1. The van der Waals surface area contributed by atoms with E-state index in [0.29, 0.717) is 26.1 Å².